The minimum Gasteiger partial charge on any atom is -0.315 e. The normalized spacial score (nSPS) is 15.7. The van der Waals surface area contributed by atoms with Gasteiger partial charge in [0.25, 0.3) is 5.91 Å². The van der Waals surface area contributed by atoms with E-state index in [0.717, 1.165) is 40.0 Å². The summed E-state index contributed by atoms with van der Waals surface area (Å²) in [5.74, 6) is -0.431. The van der Waals surface area contributed by atoms with E-state index in [2.05, 4.69) is 31.9 Å². The van der Waals surface area contributed by atoms with Crippen molar-refractivity contribution < 1.29 is 9.18 Å². The topological polar surface area (TPSA) is 94.8 Å². The van der Waals surface area contributed by atoms with Crippen molar-refractivity contribution in [3.63, 3.8) is 0 Å². The number of rotatable bonds is 6. The van der Waals surface area contributed by atoms with Crippen molar-refractivity contribution in [1.82, 2.24) is 20.5 Å². The molecule has 10 heteroatoms. The highest BCUT2D eigenvalue weighted by molar-refractivity contribution is 7.17. The minimum absolute atomic E-state index is 0.000212. The number of amides is 1. The maximum absolute atomic E-state index is 15.4. The molecule has 1 saturated heterocycles. The van der Waals surface area contributed by atoms with E-state index in [4.69, 9.17) is 5.26 Å². The van der Waals surface area contributed by atoms with Gasteiger partial charge in [-0.1, -0.05) is 17.4 Å². The van der Waals surface area contributed by atoms with Crippen molar-refractivity contribution >= 4 is 44.5 Å². The van der Waals surface area contributed by atoms with Crippen LogP contribution >= 0.6 is 22.7 Å². The molecule has 7 nitrogen and oxygen atoms in total. The van der Waals surface area contributed by atoms with E-state index in [1.807, 2.05) is 13.0 Å². The zero-order valence-electron chi connectivity index (χ0n) is 19.1. The molecule has 1 aromatic carbocycles. The second-order valence-electron chi connectivity index (χ2n) is 8.46. The Bertz CT molecular complexity index is 1420. The molecule has 3 aromatic heterocycles. The molecule has 35 heavy (non-hydrogen) atoms. The quantitative estimate of drug-likeness (QED) is 0.390. The smallest absolute Gasteiger partial charge is 0.262 e. The van der Waals surface area contributed by atoms with Crippen molar-refractivity contribution in [2.75, 3.05) is 18.0 Å². The van der Waals surface area contributed by atoms with Gasteiger partial charge in [-0.05, 0) is 55.5 Å². The molecular formula is C25H23FN6OS2. The van der Waals surface area contributed by atoms with Gasteiger partial charge in [-0.25, -0.2) is 9.37 Å². The lowest BCUT2D eigenvalue weighted by Crippen LogP contribution is -2.49. The summed E-state index contributed by atoms with van der Waals surface area (Å²) in [6.07, 6.45) is 4.32. The number of carbonyl (C=O) groups excluding carboxylic acids is 1. The number of thiophene rings is 1. The van der Waals surface area contributed by atoms with Crippen molar-refractivity contribution in [3.05, 3.63) is 57.8 Å². The standard InChI is InChI=1S/C25H23FN6OS2/c1-15-14-34-20-8-11-29-23(22(15)20)32(17-4-3-10-28-13-17)25(33)18-7-6-16(12-19(18)26)24-31-30-21(35-24)5-2-9-27/h6-8,11-12,14,17,28H,2-5,10,13H2,1H3/t17-/m1/s1. The first-order chi connectivity index (χ1) is 17.1. The van der Waals surface area contributed by atoms with Gasteiger partial charge in [0, 0.05) is 41.2 Å². The molecule has 1 atom stereocenters. The third-order valence-corrected chi connectivity index (χ3v) is 8.19. The van der Waals surface area contributed by atoms with Crippen LogP contribution in [0.2, 0.25) is 0 Å². The number of hydrogen-bond donors (Lipinski definition) is 1. The van der Waals surface area contributed by atoms with Crippen molar-refractivity contribution in [2.45, 2.75) is 38.6 Å². The van der Waals surface area contributed by atoms with Crippen molar-refractivity contribution in [3.8, 4) is 16.6 Å². The Kier molecular flexibility index (Phi) is 6.81. The summed E-state index contributed by atoms with van der Waals surface area (Å²) >= 11 is 2.94. The number of anilines is 1. The molecule has 0 radical (unpaired) electrons. The maximum atomic E-state index is 15.4. The largest absolute Gasteiger partial charge is 0.315 e. The fourth-order valence-electron chi connectivity index (χ4n) is 4.37. The van der Waals surface area contributed by atoms with Gasteiger partial charge in [0.2, 0.25) is 0 Å². The van der Waals surface area contributed by atoms with E-state index < -0.39 is 11.7 Å². The molecule has 0 unspecified atom stereocenters. The molecule has 0 aliphatic carbocycles. The van der Waals surface area contributed by atoms with Crippen LogP contribution in [0.15, 0.2) is 35.8 Å². The van der Waals surface area contributed by atoms with E-state index in [9.17, 15) is 4.79 Å². The van der Waals surface area contributed by atoms with Crippen LogP contribution in [-0.4, -0.2) is 40.2 Å². The number of hydrogen-bond acceptors (Lipinski definition) is 8. The molecule has 1 fully saturated rings. The monoisotopic (exact) mass is 506 g/mol. The summed E-state index contributed by atoms with van der Waals surface area (Å²) < 4.78 is 16.5. The lowest BCUT2D eigenvalue weighted by Gasteiger charge is -2.34. The van der Waals surface area contributed by atoms with Gasteiger partial charge < -0.3 is 5.32 Å². The molecule has 1 amide bonds. The lowest BCUT2D eigenvalue weighted by molar-refractivity contribution is 0.0968. The Morgan fingerprint density at radius 1 is 1.34 bits per heavy atom. The first-order valence-corrected chi connectivity index (χ1v) is 13.1. The molecule has 1 aliphatic heterocycles. The van der Waals surface area contributed by atoms with Gasteiger partial charge in [0.05, 0.1) is 17.7 Å². The summed E-state index contributed by atoms with van der Waals surface area (Å²) in [5.41, 5.74) is 1.61. The lowest BCUT2D eigenvalue weighted by atomic mass is 10.0. The number of nitriles is 1. The number of nitrogens with zero attached hydrogens (tertiary/aromatic N) is 5. The average molecular weight is 507 g/mol. The number of halogens is 1. The molecule has 1 aliphatic rings. The molecule has 0 spiro atoms. The number of nitrogens with one attached hydrogen (secondary N) is 1. The first kappa shape index (κ1) is 23.5. The summed E-state index contributed by atoms with van der Waals surface area (Å²) in [6.45, 7) is 3.53. The molecule has 0 saturated carbocycles. The SMILES string of the molecule is Cc1csc2ccnc(N(C(=O)c3ccc(-c4nnc(CCC#N)s4)cc3F)[C@@H]3CCCNC3)c12. The predicted molar refractivity (Wildman–Crippen MR) is 136 cm³/mol. The molecule has 4 heterocycles. The number of carbonyl (C=O) groups is 1. The Morgan fingerprint density at radius 3 is 3.00 bits per heavy atom. The van der Waals surface area contributed by atoms with Crippen LogP contribution in [0.1, 0.15) is 40.2 Å². The third-order valence-electron chi connectivity index (χ3n) is 6.10. The number of pyridine rings is 1. The zero-order valence-corrected chi connectivity index (χ0v) is 20.8. The van der Waals surface area contributed by atoms with Crippen LogP contribution in [0.4, 0.5) is 10.2 Å². The van der Waals surface area contributed by atoms with Crippen LogP contribution < -0.4 is 10.2 Å². The Labute approximate surface area is 210 Å². The van der Waals surface area contributed by atoms with Crippen LogP contribution in [0.3, 0.4) is 0 Å². The fraction of sp³-hybridized carbons (Fsp3) is 0.320. The van der Waals surface area contributed by atoms with Gasteiger partial charge in [-0.2, -0.15) is 5.26 Å². The van der Waals surface area contributed by atoms with Gasteiger partial charge in [0.1, 0.15) is 21.7 Å². The number of benzene rings is 1. The van der Waals surface area contributed by atoms with Gasteiger partial charge in [-0.15, -0.1) is 21.5 Å². The third kappa shape index (κ3) is 4.67. The summed E-state index contributed by atoms with van der Waals surface area (Å²) in [4.78, 5) is 20.2. The molecule has 1 N–H and O–H groups in total. The van der Waals surface area contributed by atoms with Crippen LogP contribution in [0, 0.1) is 24.1 Å². The summed E-state index contributed by atoms with van der Waals surface area (Å²) in [6, 6.07) is 8.46. The number of aryl methyl sites for hydroxylation is 2. The van der Waals surface area contributed by atoms with Crippen LogP contribution in [0.25, 0.3) is 20.7 Å². The van der Waals surface area contributed by atoms with Crippen molar-refractivity contribution in [1.29, 1.82) is 5.26 Å². The highest BCUT2D eigenvalue weighted by atomic mass is 32.1. The van der Waals surface area contributed by atoms with Crippen LogP contribution in [0.5, 0.6) is 0 Å². The molecule has 4 aromatic rings. The number of fused-ring (bicyclic) bond motifs is 1. The van der Waals surface area contributed by atoms with Gasteiger partial charge in [-0.3, -0.25) is 9.69 Å². The van der Waals surface area contributed by atoms with Gasteiger partial charge in [0.15, 0.2) is 0 Å². The van der Waals surface area contributed by atoms with Crippen molar-refractivity contribution in [2.24, 2.45) is 0 Å². The number of aromatic nitrogens is 3. The Balaban J connectivity index is 1.52. The van der Waals surface area contributed by atoms with E-state index >= 15 is 4.39 Å². The van der Waals surface area contributed by atoms with E-state index in [-0.39, 0.29) is 11.6 Å². The minimum atomic E-state index is -0.607. The Morgan fingerprint density at radius 2 is 2.23 bits per heavy atom. The highest BCUT2D eigenvalue weighted by Gasteiger charge is 2.32. The second kappa shape index (κ2) is 10.2. The van der Waals surface area contributed by atoms with E-state index in [0.29, 0.717) is 35.8 Å². The summed E-state index contributed by atoms with van der Waals surface area (Å²) in [5, 5.41) is 24.6. The van der Waals surface area contributed by atoms with E-state index in [1.165, 1.54) is 23.5 Å². The fourth-order valence-corrected chi connectivity index (χ4v) is 6.14. The van der Waals surface area contributed by atoms with E-state index in [1.54, 1.807) is 28.5 Å². The molecular weight excluding hydrogens is 483 g/mol. The zero-order chi connectivity index (χ0) is 24.4. The molecule has 178 valence electrons. The van der Waals surface area contributed by atoms with Crippen LogP contribution in [-0.2, 0) is 6.42 Å². The Hall–Kier alpha value is -3.26. The molecule has 0 bridgehead atoms. The predicted octanol–water partition coefficient (Wildman–Crippen LogP) is 5.12. The van der Waals surface area contributed by atoms with Gasteiger partial charge >= 0.3 is 0 Å². The highest BCUT2D eigenvalue weighted by Crippen LogP contribution is 2.35. The summed E-state index contributed by atoms with van der Waals surface area (Å²) in [7, 11) is 0. The second-order valence-corrected chi connectivity index (χ2v) is 10.4. The first-order valence-electron chi connectivity index (χ1n) is 11.4. The number of piperidine rings is 1. The maximum Gasteiger partial charge on any atom is 0.262 e. The average Bonchev–Trinajstić information content (AvgIpc) is 3.51. The molecule has 5 rings (SSSR count).